The number of nitriles is 1. The van der Waals surface area contributed by atoms with E-state index < -0.39 is 0 Å². The lowest BCUT2D eigenvalue weighted by molar-refractivity contribution is 0.432. The second kappa shape index (κ2) is 4.97. The van der Waals surface area contributed by atoms with E-state index in [2.05, 4.69) is 20.1 Å². The van der Waals surface area contributed by atoms with Gasteiger partial charge in [0.15, 0.2) is 0 Å². The minimum Gasteiger partial charge on any atom is -0.352 e. The summed E-state index contributed by atoms with van der Waals surface area (Å²) in [6.07, 6.45) is 4.21. The number of aryl methyl sites for hydroxylation is 1. The van der Waals surface area contributed by atoms with Crippen molar-refractivity contribution in [2.24, 2.45) is 0 Å². The smallest absolute Gasteiger partial charge is 0.259 e. The van der Waals surface area contributed by atoms with Crippen molar-refractivity contribution in [3.05, 3.63) is 41.9 Å². The van der Waals surface area contributed by atoms with Crippen LogP contribution in [0.4, 0.5) is 0 Å². The van der Waals surface area contributed by atoms with Gasteiger partial charge in [-0.25, -0.2) is 0 Å². The first kappa shape index (κ1) is 12.1. The van der Waals surface area contributed by atoms with E-state index in [0.29, 0.717) is 23.0 Å². The molecule has 0 atom stereocenters. The molecule has 20 heavy (non-hydrogen) atoms. The first-order chi connectivity index (χ1) is 9.81. The molecule has 0 aliphatic carbocycles. The molecular weight excluding hydrogens is 254 g/mol. The second-order valence-corrected chi connectivity index (χ2v) is 4.20. The van der Waals surface area contributed by atoms with Gasteiger partial charge in [0.1, 0.15) is 17.5 Å². The van der Waals surface area contributed by atoms with Gasteiger partial charge in [0.2, 0.25) is 5.82 Å². The van der Waals surface area contributed by atoms with Crippen molar-refractivity contribution in [1.29, 1.82) is 5.26 Å². The first-order valence-corrected chi connectivity index (χ1v) is 6.18. The number of hydrogen-bond donors (Lipinski definition) is 1. The molecule has 1 N–H and O–H groups in total. The molecule has 0 unspecified atom stereocenters. The minimum absolute atomic E-state index is 0.366. The van der Waals surface area contributed by atoms with Crippen LogP contribution in [-0.4, -0.2) is 20.1 Å². The van der Waals surface area contributed by atoms with Gasteiger partial charge < -0.3 is 9.51 Å². The predicted molar refractivity (Wildman–Crippen MR) is 71.4 cm³/mol. The van der Waals surface area contributed by atoms with E-state index in [9.17, 15) is 0 Å². The highest BCUT2D eigenvalue weighted by molar-refractivity contribution is 5.60. The van der Waals surface area contributed by atoms with E-state index in [0.717, 1.165) is 17.7 Å². The highest BCUT2D eigenvalue weighted by Gasteiger charge is 2.15. The number of aromatic nitrogens is 4. The summed E-state index contributed by atoms with van der Waals surface area (Å²) in [4.78, 5) is 11.5. The van der Waals surface area contributed by atoms with Crippen LogP contribution in [0.25, 0.3) is 23.0 Å². The van der Waals surface area contributed by atoms with Gasteiger partial charge in [-0.2, -0.15) is 10.2 Å². The second-order valence-electron chi connectivity index (χ2n) is 4.20. The third-order valence-corrected chi connectivity index (χ3v) is 2.96. The number of pyridine rings is 1. The summed E-state index contributed by atoms with van der Waals surface area (Å²) in [7, 11) is 0. The fraction of sp³-hybridized carbons (Fsp3) is 0.143. The third-order valence-electron chi connectivity index (χ3n) is 2.96. The quantitative estimate of drug-likeness (QED) is 0.785. The van der Waals surface area contributed by atoms with Crippen LogP contribution in [0.1, 0.15) is 18.2 Å². The van der Waals surface area contributed by atoms with Gasteiger partial charge in [-0.3, -0.25) is 4.98 Å². The monoisotopic (exact) mass is 265 g/mol. The summed E-state index contributed by atoms with van der Waals surface area (Å²) in [5, 5.41) is 12.8. The van der Waals surface area contributed by atoms with Crippen LogP contribution in [0.2, 0.25) is 0 Å². The van der Waals surface area contributed by atoms with Crippen molar-refractivity contribution < 1.29 is 4.52 Å². The molecule has 3 aromatic heterocycles. The maximum Gasteiger partial charge on any atom is 0.259 e. The Morgan fingerprint density at radius 2 is 2.35 bits per heavy atom. The minimum atomic E-state index is 0.366. The molecule has 0 amide bonds. The van der Waals surface area contributed by atoms with E-state index >= 15 is 0 Å². The molecule has 98 valence electrons. The normalized spacial score (nSPS) is 10.4. The number of nitrogens with zero attached hydrogens (tertiary/aromatic N) is 4. The summed E-state index contributed by atoms with van der Waals surface area (Å²) >= 11 is 0. The van der Waals surface area contributed by atoms with Crippen molar-refractivity contribution in [1.82, 2.24) is 20.1 Å². The Hall–Kier alpha value is -2.94. The molecule has 0 bridgehead atoms. The van der Waals surface area contributed by atoms with Gasteiger partial charge in [-0.05, 0) is 24.1 Å². The number of rotatable bonds is 3. The average Bonchev–Trinajstić information content (AvgIpc) is 3.15. The molecule has 0 spiro atoms. The van der Waals surface area contributed by atoms with Gasteiger partial charge in [0.05, 0.1) is 5.56 Å². The lowest BCUT2D eigenvalue weighted by Gasteiger charge is -2.00. The molecular formula is C14H11N5O. The predicted octanol–water partition coefficient (Wildman–Crippen LogP) is 2.56. The van der Waals surface area contributed by atoms with Crippen molar-refractivity contribution >= 4 is 0 Å². The van der Waals surface area contributed by atoms with Crippen molar-refractivity contribution in [3.63, 3.8) is 0 Å². The topological polar surface area (TPSA) is 91.4 Å². The third kappa shape index (κ3) is 2.06. The summed E-state index contributed by atoms with van der Waals surface area (Å²) in [6.45, 7) is 2.05. The largest absolute Gasteiger partial charge is 0.352 e. The Balaban J connectivity index is 2.00. The number of nitrogens with one attached hydrogen (secondary N) is 1. The zero-order valence-electron chi connectivity index (χ0n) is 10.8. The van der Waals surface area contributed by atoms with E-state index in [-0.39, 0.29) is 0 Å². The molecule has 6 heteroatoms. The summed E-state index contributed by atoms with van der Waals surface area (Å²) in [5.41, 5.74) is 2.92. The van der Waals surface area contributed by atoms with Crippen molar-refractivity contribution in [2.45, 2.75) is 13.3 Å². The molecule has 3 aromatic rings. The molecule has 3 rings (SSSR count). The maximum atomic E-state index is 8.79. The molecule has 0 aromatic carbocycles. The summed E-state index contributed by atoms with van der Waals surface area (Å²) < 4.78 is 5.23. The molecule has 0 aliphatic rings. The van der Waals surface area contributed by atoms with E-state index in [4.69, 9.17) is 9.78 Å². The zero-order valence-corrected chi connectivity index (χ0v) is 10.8. The summed E-state index contributed by atoms with van der Waals surface area (Å²) in [5.74, 6) is 0.822. The summed E-state index contributed by atoms with van der Waals surface area (Å²) in [6, 6.07) is 7.55. The van der Waals surface area contributed by atoms with Crippen LogP contribution >= 0.6 is 0 Å². The Bertz CT molecular complexity index is 781. The van der Waals surface area contributed by atoms with Crippen molar-refractivity contribution in [2.75, 3.05) is 0 Å². The van der Waals surface area contributed by atoms with E-state index in [1.54, 1.807) is 18.5 Å². The van der Waals surface area contributed by atoms with Crippen molar-refractivity contribution in [3.8, 4) is 29.0 Å². The van der Waals surface area contributed by atoms with Crippen LogP contribution in [0.3, 0.4) is 0 Å². The zero-order chi connectivity index (χ0) is 13.9. The van der Waals surface area contributed by atoms with Gasteiger partial charge in [0.25, 0.3) is 5.89 Å². The lowest BCUT2D eigenvalue weighted by Crippen LogP contribution is -1.92. The Morgan fingerprint density at radius 3 is 3.10 bits per heavy atom. The molecule has 0 saturated carbocycles. The lowest BCUT2D eigenvalue weighted by atomic mass is 10.1. The van der Waals surface area contributed by atoms with Gasteiger partial charge in [-0.1, -0.05) is 18.1 Å². The Morgan fingerprint density at radius 1 is 1.45 bits per heavy atom. The highest BCUT2D eigenvalue weighted by Crippen LogP contribution is 2.23. The van der Waals surface area contributed by atoms with Crippen LogP contribution in [-0.2, 0) is 6.42 Å². The molecule has 6 nitrogen and oxygen atoms in total. The molecule has 0 fully saturated rings. The standard InChI is InChI=1S/C14H11N5O/c1-2-9-4-3-5-16-12(9)13-18-14(20-19-13)10-6-11(7-15)17-8-10/h3-6,8,17H,2H2,1H3. The van der Waals surface area contributed by atoms with Gasteiger partial charge >= 0.3 is 0 Å². The van der Waals surface area contributed by atoms with Gasteiger partial charge in [0, 0.05) is 12.4 Å². The number of aromatic amines is 1. The molecule has 0 radical (unpaired) electrons. The maximum absolute atomic E-state index is 8.79. The van der Waals surface area contributed by atoms with Crippen LogP contribution in [0.5, 0.6) is 0 Å². The first-order valence-electron chi connectivity index (χ1n) is 6.18. The Labute approximate surface area is 115 Å². The average molecular weight is 265 g/mol. The molecule has 3 heterocycles. The van der Waals surface area contributed by atoms with Crippen LogP contribution in [0.15, 0.2) is 35.1 Å². The number of hydrogen-bond acceptors (Lipinski definition) is 5. The fourth-order valence-corrected chi connectivity index (χ4v) is 1.94. The molecule has 0 aliphatic heterocycles. The fourth-order valence-electron chi connectivity index (χ4n) is 1.94. The van der Waals surface area contributed by atoms with Crippen LogP contribution in [0, 0.1) is 11.3 Å². The highest BCUT2D eigenvalue weighted by atomic mass is 16.5. The van der Waals surface area contributed by atoms with Crippen LogP contribution < -0.4 is 0 Å². The Kier molecular flexibility index (Phi) is 3.01. The SMILES string of the molecule is CCc1cccnc1-c1noc(-c2c[nH]c(C#N)c2)n1. The van der Waals surface area contributed by atoms with E-state index in [1.807, 2.05) is 25.1 Å². The molecule has 0 saturated heterocycles. The van der Waals surface area contributed by atoms with Gasteiger partial charge in [-0.15, -0.1) is 0 Å². The number of H-pyrrole nitrogens is 1. The van der Waals surface area contributed by atoms with E-state index in [1.165, 1.54) is 0 Å².